The smallest absolute Gasteiger partial charge is 0.244 e. The van der Waals surface area contributed by atoms with E-state index < -0.39 is 34.3 Å². The van der Waals surface area contributed by atoms with Crippen molar-refractivity contribution >= 4 is 50.7 Å². The lowest BCUT2D eigenvalue weighted by Gasteiger charge is -2.32. The van der Waals surface area contributed by atoms with Crippen molar-refractivity contribution in [2.75, 3.05) is 17.1 Å². The molecule has 1 N–H and O–H groups in total. The highest BCUT2D eigenvalue weighted by atomic mass is 35.5. The quantitative estimate of drug-likeness (QED) is 0.496. The lowest BCUT2D eigenvalue weighted by molar-refractivity contribution is -0.139. The molecule has 0 unspecified atom stereocenters. The van der Waals surface area contributed by atoms with Crippen LogP contribution in [0.5, 0.6) is 0 Å². The van der Waals surface area contributed by atoms with Gasteiger partial charge in [0, 0.05) is 12.6 Å². The SMILES string of the molecule is CC[C@H](C)NC(=O)[C@@H](C)N(Cc1ccc(Cl)c(Cl)c1)C(=O)CN(c1ccc(F)cc1)S(C)(=O)=O. The number of amides is 2. The molecule has 2 aromatic carbocycles. The van der Waals surface area contributed by atoms with E-state index in [1.54, 1.807) is 25.1 Å². The van der Waals surface area contributed by atoms with Gasteiger partial charge in [-0.05, 0) is 62.2 Å². The topological polar surface area (TPSA) is 86.8 Å². The molecule has 2 amide bonds. The second-order valence-corrected chi connectivity index (χ2v) is 10.7. The molecular formula is C23H28Cl2FN3O4S. The fourth-order valence-electron chi connectivity index (χ4n) is 3.10. The van der Waals surface area contributed by atoms with E-state index in [9.17, 15) is 22.4 Å². The molecule has 2 rings (SSSR count). The fraction of sp³-hybridized carbons (Fsp3) is 0.391. The van der Waals surface area contributed by atoms with E-state index in [0.29, 0.717) is 17.0 Å². The second-order valence-electron chi connectivity index (χ2n) is 8.01. The summed E-state index contributed by atoms with van der Waals surface area (Å²) in [6.07, 6.45) is 1.65. The first kappa shape index (κ1) is 27.9. The minimum atomic E-state index is -3.89. The molecule has 0 aliphatic rings. The van der Waals surface area contributed by atoms with Crippen molar-refractivity contribution in [1.29, 1.82) is 0 Å². The summed E-state index contributed by atoms with van der Waals surface area (Å²) in [4.78, 5) is 27.5. The van der Waals surface area contributed by atoms with Crippen molar-refractivity contribution in [3.8, 4) is 0 Å². The second kappa shape index (κ2) is 11.9. The van der Waals surface area contributed by atoms with Crippen molar-refractivity contribution in [2.45, 2.75) is 45.8 Å². The summed E-state index contributed by atoms with van der Waals surface area (Å²) < 4.78 is 39.1. The summed E-state index contributed by atoms with van der Waals surface area (Å²) >= 11 is 12.1. The van der Waals surface area contributed by atoms with Crippen LogP contribution in [0.1, 0.15) is 32.8 Å². The molecule has 0 spiro atoms. The van der Waals surface area contributed by atoms with Crippen LogP contribution in [0.25, 0.3) is 0 Å². The third kappa shape index (κ3) is 7.58. The number of nitrogens with one attached hydrogen (secondary N) is 1. The van der Waals surface area contributed by atoms with Crippen molar-refractivity contribution in [3.63, 3.8) is 0 Å². The van der Waals surface area contributed by atoms with Gasteiger partial charge in [0.05, 0.1) is 22.0 Å². The van der Waals surface area contributed by atoms with E-state index in [2.05, 4.69) is 5.32 Å². The number of carbonyl (C=O) groups excluding carboxylic acids is 2. The van der Waals surface area contributed by atoms with E-state index in [4.69, 9.17) is 23.2 Å². The van der Waals surface area contributed by atoms with Gasteiger partial charge in [0.2, 0.25) is 21.8 Å². The molecule has 34 heavy (non-hydrogen) atoms. The molecule has 0 bridgehead atoms. The summed E-state index contributed by atoms with van der Waals surface area (Å²) in [5, 5.41) is 3.46. The molecule has 2 aromatic rings. The average molecular weight is 532 g/mol. The highest BCUT2D eigenvalue weighted by Gasteiger charge is 2.30. The van der Waals surface area contributed by atoms with Gasteiger partial charge < -0.3 is 10.2 Å². The molecule has 186 valence electrons. The highest BCUT2D eigenvalue weighted by Crippen LogP contribution is 2.24. The first-order valence-corrected chi connectivity index (χ1v) is 13.2. The molecule has 0 aliphatic heterocycles. The summed E-state index contributed by atoms with van der Waals surface area (Å²) in [6, 6.07) is 8.56. The minimum absolute atomic E-state index is 0.00810. The number of hydrogen-bond acceptors (Lipinski definition) is 4. The maximum absolute atomic E-state index is 13.4. The summed E-state index contributed by atoms with van der Waals surface area (Å²) in [5.41, 5.74) is 0.738. The zero-order valence-corrected chi connectivity index (χ0v) is 21.7. The Morgan fingerprint density at radius 2 is 1.68 bits per heavy atom. The number of benzene rings is 2. The predicted octanol–water partition coefficient (Wildman–Crippen LogP) is 4.23. The Bertz CT molecular complexity index is 1130. The van der Waals surface area contributed by atoms with Crippen molar-refractivity contribution in [3.05, 3.63) is 63.9 Å². The van der Waals surface area contributed by atoms with Crippen LogP contribution in [0.4, 0.5) is 10.1 Å². The van der Waals surface area contributed by atoms with Gasteiger partial charge in [-0.25, -0.2) is 12.8 Å². The maximum Gasteiger partial charge on any atom is 0.244 e. The van der Waals surface area contributed by atoms with Crippen LogP contribution in [-0.4, -0.2) is 50.0 Å². The van der Waals surface area contributed by atoms with Gasteiger partial charge in [-0.3, -0.25) is 13.9 Å². The number of nitrogens with zero attached hydrogens (tertiary/aromatic N) is 2. The monoisotopic (exact) mass is 531 g/mol. The van der Waals surface area contributed by atoms with Crippen LogP contribution >= 0.6 is 23.2 Å². The summed E-state index contributed by atoms with van der Waals surface area (Å²) in [7, 11) is -3.89. The number of halogens is 3. The Morgan fingerprint density at radius 1 is 1.06 bits per heavy atom. The van der Waals surface area contributed by atoms with Gasteiger partial charge in [0.25, 0.3) is 0 Å². The van der Waals surface area contributed by atoms with Crippen LogP contribution in [0.2, 0.25) is 10.0 Å². The average Bonchev–Trinajstić information content (AvgIpc) is 2.77. The largest absolute Gasteiger partial charge is 0.352 e. The molecule has 0 saturated carbocycles. The number of hydrogen-bond donors (Lipinski definition) is 1. The normalized spacial score (nSPS) is 13.1. The van der Waals surface area contributed by atoms with Gasteiger partial charge in [-0.1, -0.05) is 36.2 Å². The van der Waals surface area contributed by atoms with E-state index in [1.807, 2.05) is 13.8 Å². The standard InChI is InChI=1S/C23H28Cl2FN3O4S/c1-5-15(2)27-23(31)16(3)28(13-17-6-11-20(24)21(25)12-17)22(30)14-29(34(4,32)33)19-9-7-18(26)8-10-19/h6-12,15-16H,5,13-14H2,1-4H3,(H,27,31)/t15-,16+/m0/s1. The van der Waals surface area contributed by atoms with E-state index >= 15 is 0 Å². The number of carbonyl (C=O) groups is 2. The Hall–Kier alpha value is -2.36. The van der Waals surface area contributed by atoms with Gasteiger partial charge >= 0.3 is 0 Å². The molecule has 7 nitrogen and oxygen atoms in total. The molecule has 2 atom stereocenters. The van der Waals surface area contributed by atoms with Crippen molar-refractivity contribution in [2.24, 2.45) is 0 Å². The number of anilines is 1. The van der Waals surface area contributed by atoms with Crippen molar-refractivity contribution < 1.29 is 22.4 Å². The summed E-state index contributed by atoms with van der Waals surface area (Å²) in [5.74, 6) is -1.54. The highest BCUT2D eigenvalue weighted by molar-refractivity contribution is 7.92. The molecular weight excluding hydrogens is 504 g/mol. The van der Waals surface area contributed by atoms with E-state index in [-0.39, 0.29) is 29.2 Å². The molecule has 0 radical (unpaired) electrons. The van der Waals surface area contributed by atoms with Crippen LogP contribution in [0.15, 0.2) is 42.5 Å². The fourth-order valence-corrected chi connectivity index (χ4v) is 4.27. The number of sulfonamides is 1. The lowest BCUT2D eigenvalue weighted by atomic mass is 10.1. The molecule has 0 fully saturated rings. The zero-order valence-electron chi connectivity index (χ0n) is 19.4. The molecule has 0 heterocycles. The molecule has 11 heteroatoms. The van der Waals surface area contributed by atoms with Crippen LogP contribution in [-0.2, 0) is 26.2 Å². The Labute approximate surface area is 209 Å². The van der Waals surface area contributed by atoms with Gasteiger partial charge in [-0.15, -0.1) is 0 Å². The Balaban J connectivity index is 2.40. The first-order valence-electron chi connectivity index (χ1n) is 10.6. The van der Waals surface area contributed by atoms with E-state index in [1.165, 1.54) is 17.0 Å². The summed E-state index contributed by atoms with van der Waals surface area (Å²) in [6.45, 7) is 4.74. The van der Waals surface area contributed by atoms with Gasteiger partial charge in [0.1, 0.15) is 18.4 Å². The van der Waals surface area contributed by atoms with Gasteiger partial charge in [-0.2, -0.15) is 0 Å². The molecule has 0 saturated heterocycles. The Morgan fingerprint density at radius 3 is 2.21 bits per heavy atom. The van der Waals surface area contributed by atoms with Crippen LogP contribution in [0.3, 0.4) is 0 Å². The zero-order chi connectivity index (χ0) is 25.6. The van der Waals surface area contributed by atoms with Crippen LogP contribution in [0, 0.1) is 5.82 Å². The first-order chi connectivity index (χ1) is 15.8. The maximum atomic E-state index is 13.4. The van der Waals surface area contributed by atoms with E-state index in [0.717, 1.165) is 22.7 Å². The minimum Gasteiger partial charge on any atom is -0.352 e. The third-order valence-corrected chi connectivity index (χ3v) is 7.18. The third-order valence-electron chi connectivity index (χ3n) is 5.30. The van der Waals surface area contributed by atoms with Crippen LogP contribution < -0.4 is 9.62 Å². The lowest BCUT2D eigenvalue weighted by Crippen LogP contribution is -2.52. The molecule has 0 aliphatic carbocycles. The predicted molar refractivity (Wildman–Crippen MR) is 133 cm³/mol. The van der Waals surface area contributed by atoms with Crippen molar-refractivity contribution in [1.82, 2.24) is 10.2 Å². The molecule has 0 aromatic heterocycles. The Kier molecular flexibility index (Phi) is 9.73. The van der Waals surface area contributed by atoms with Gasteiger partial charge in [0.15, 0.2) is 0 Å². The number of rotatable bonds is 10.